The summed E-state index contributed by atoms with van der Waals surface area (Å²) in [5.74, 6) is -1.17. The standard InChI is InChI=1S/C25H16BrCl2FN2O4S/c26-19-8-14(4-7-21(19)35-13-15-5-6-16(27)10-20(15)28)9-22-24(33)31(25(34)36-22)12-23(32)30-18-3-1-2-17(29)11-18/h1-11H,12-13H2,(H,30,32)/b22-9+. The fourth-order valence-corrected chi connectivity index (χ4v) is 5.03. The van der Waals surface area contributed by atoms with Gasteiger partial charge in [-0.2, -0.15) is 0 Å². The van der Waals surface area contributed by atoms with Crippen molar-refractivity contribution < 1.29 is 23.5 Å². The van der Waals surface area contributed by atoms with E-state index in [1.54, 1.807) is 42.5 Å². The molecular formula is C25H16BrCl2FN2O4S. The minimum atomic E-state index is -0.616. The molecule has 0 unspecified atom stereocenters. The Morgan fingerprint density at radius 3 is 2.64 bits per heavy atom. The predicted octanol–water partition coefficient (Wildman–Crippen LogP) is 7.15. The Morgan fingerprint density at radius 1 is 1.11 bits per heavy atom. The number of rotatable bonds is 7. The summed E-state index contributed by atoms with van der Waals surface area (Å²) in [5, 5.41) is 2.93. The van der Waals surface area contributed by atoms with E-state index >= 15 is 0 Å². The number of nitrogens with one attached hydrogen (secondary N) is 1. The van der Waals surface area contributed by atoms with E-state index in [1.807, 2.05) is 0 Å². The molecule has 184 valence electrons. The van der Waals surface area contributed by atoms with Crippen LogP contribution < -0.4 is 10.1 Å². The summed E-state index contributed by atoms with van der Waals surface area (Å²) in [5.41, 5.74) is 1.65. The van der Waals surface area contributed by atoms with Crippen molar-refractivity contribution in [1.29, 1.82) is 0 Å². The number of carbonyl (C=O) groups is 3. The summed E-state index contributed by atoms with van der Waals surface area (Å²) in [4.78, 5) is 38.4. The smallest absolute Gasteiger partial charge is 0.294 e. The highest BCUT2D eigenvalue weighted by Gasteiger charge is 2.36. The van der Waals surface area contributed by atoms with E-state index in [-0.39, 0.29) is 17.2 Å². The van der Waals surface area contributed by atoms with Crippen LogP contribution in [0.5, 0.6) is 5.75 Å². The third kappa shape index (κ3) is 6.47. The van der Waals surface area contributed by atoms with Gasteiger partial charge >= 0.3 is 0 Å². The molecule has 3 aromatic rings. The van der Waals surface area contributed by atoms with Crippen LogP contribution in [0, 0.1) is 5.82 Å². The molecule has 1 heterocycles. The molecule has 36 heavy (non-hydrogen) atoms. The topological polar surface area (TPSA) is 75.7 Å². The number of thioether (sulfide) groups is 1. The maximum Gasteiger partial charge on any atom is 0.294 e. The molecule has 1 aliphatic heterocycles. The molecule has 0 aliphatic carbocycles. The third-order valence-corrected chi connectivity index (χ3v) is 7.05. The number of ether oxygens (including phenoxy) is 1. The minimum absolute atomic E-state index is 0.173. The summed E-state index contributed by atoms with van der Waals surface area (Å²) < 4.78 is 19.8. The highest BCUT2D eigenvalue weighted by atomic mass is 79.9. The monoisotopic (exact) mass is 608 g/mol. The van der Waals surface area contributed by atoms with Gasteiger partial charge in [-0.25, -0.2) is 4.39 Å². The highest BCUT2D eigenvalue weighted by Crippen LogP contribution is 2.34. The van der Waals surface area contributed by atoms with Gasteiger partial charge in [0, 0.05) is 21.3 Å². The Kier molecular flexibility index (Phi) is 8.35. The van der Waals surface area contributed by atoms with Gasteiger partial charge in [0.2, 0.25) is 5.91 Å². The lowest BCUT2D eigenvalue weighted by molar-refractivity contribution is -0.127. The van der Waals surface area contributed by atoms with E-state index in [0.29, 0.717) is 25.8 Å². The Bertz CT molecular complexity index is 1400. The fourth-order valence-electron chi connectivity index (χ4n) is 3.22. The lowest BCUT2D eigenvalue weighted by atomic mass is 10.2. The van der Waals surface area contributed by atoms with Gasteiger partial charge < -0.3 is 10.1 Å². The molecule has 4 rings (SSSR count). The summed E-state index contributed by atoms with van der Waals surface area (Å²) >= 11 is 16.3. The summed E-state index contributed by atoms with van der Waals surface area (Å²) in [6, 6.07) is 15.7. The largest absolute Gasteiger partial charge is 0.488 e. The van der Waals surface area contributed by atoms with Gasteiger partial charge in [-0.3, -0.25) is 19.3 Å². The SMILES string of the molecule is O=C(CN1C(=O)S/C(=C/c2ccc(OCc3ccc(Cl)cc3Cl)c(Br)c2)C1=O)Nc1cccc(F)c1. The third-order valence-electron chi connectivity index (χ3n) is 4.94. The summed E-state index contributed by atoms with van der Waals surface area (Å²) in [6.07, 6.45) is 1.56. The summed E-state index contributed by atoms with van der Waals surface area (Å²) in [6.45, 7) is -0.257. The van der Waals surface area contributed by atoms with Gasteiger partial charge in [-0.1, -0.05) is 41.4 Å². The zero-order valence-corrected chi connectivity index (χ0v) is 22.2. The molecule has 1 fully saturated rings. The number of nitrogens with zero attached hydrogens (tertiary/aromatic N) is 1. The van der Waals surface area contributed by atoms with Crippen LogP contribution in [0.4, 0.5) is 14.9 Å². The first-order valence-electron chi connectivity index (χ1n) is 10.4. The lowest BCUT2D eigenvalue weighted by Gasteiger charge is -2.12. The first-order chi connectivity index (χ1) is 17.2. The lowest BCUT2D eigenvalue weighted by Crippen LogP contribution is -2.36. The normalized spacial score (nSPS) is 14.4. The number of benzene rings is 3. The molecule has 3 aromatic carbocycles. The molecule has 11 heteroatoms. The molecule has 1 saturated heterocycles. The van der Waals surface area contributed by atoms with Gasteiger partial charge in [-0.15, -0.1) is 0 Å². The number of hydrogen-bond donors (Lipinski definition) is 1. The fraction of sp³-hybridized carbons (Fsp3) is 0.0800. The predicted molar refractivity (Wildman–Crippen MR) is 143 cm³/mol. The van der Waals surface area contributed by atoms with Crippen molar-refractivity contribution in [3.05, 3.63) is 97.0 Å². The average Bonchev–Trinajstić information content (AvgIpc) is 3.07. The van der Waals surface area contributed by atoms with Crippen LogP contribution >= 0.6 is 50.9 Å². The second-order valence-corrected chi connectivity index (χ2v) is 10.2. The maximum atomic E-state index is 13.3. The Labute approximate surface area is 228 Å². The van der Waals surface area contributed by atoms with Crippen LogP contribution in [0.15, 0.2) is 70.0 Å². The van der Waals surface area contributed by atoms with Crippen molar-refractivity contribution in [1.82, 2.24) is 4.90 Å². The molecule has 1 N–H and O–H groups in total. The number of hydrogen-bond acceptors (Lipinski definition) is 5. The van der Waals surface area contributed by atoms with Gasteiger partial charge in [0.25, 0.3) is 11.1 Å². The van der Waals surface area contributed by atoms with Crippen LogP contribution in [0.1, 0.15) is 11.1 Å². The number of carbonyl (C=O) groups excluding carboxylic acids is 3. The summed E-state index contributed by atoms with van der Waals surface area (Å²) in [7, 11) is 0. The Hall–Kier alpha value is -2.85. The van der Waals surface area contributed by atoms with Gasteiger partial charge in [-0.05, 0) is 81.8 Å². The number of imide groups is 1. The van der Waals surface area contributed by atoms with Crippen molar-refractivity contribution in [3.63, 3.8) is 0 Å². The average molecular weight is 610 g/mol. The molecule has 0 bridgehead atoms. The van der Waals surface area contributed by atoms with Crippen LogP contribution in [0.2, 0.25) is 10.0 Å². The first kappa shape index (κ1) is 26.2. The van der Waals surface area contributed by atoms with Crippen LogP contribution in [0.25, 0.3) is 6.08 Å². The van der Waals surface area contributed by atoms with E-state index in [0.717, 1.165) is 28.3 Å². The zero-order chi connectivity index (χ0) is 25.8. The van der Waals surface area contributed by atoms with E-state index in [4.69, 9.17) is 27.9 Å². The Morgan fingerprint density at radius 2 is 1.92 bits per heavy atom. The van der Waals surface area contributed by atoms with Crippen molar-refractivity contribution >= 4 is 79.7 Å². The van der Waals surface area contributed by atoms with Crippen molar-refractivity contribution in [3.8, 4) is 5.75 Å². The number of amides is 3. The molecular weight excluding hydrogens is 594 g/mol. The van der Waals surface area contributed by atoms with E-state index < -0.39 is 29.4 Å². The Balaban J connectivity index is 1.40. The van der Waals surface area contributed by atoms with Crippen LogP contribution in [-0.4, -0.2) is 28.5 Å². The quantitative estimate of drug-likeness (QED) is 0.288. The number of anilines is 1. The minimum Gasteiger partial charge on any atom is -0.488 e. The molecule has 1 aliphatic rings. The molecule has 0 radical (unpaired) electrons. The van der Waals surface area contributed by atoms with E-state index in [9.17, 15) is 18.8 Å². The van der Waals surface area contributed by atoms with E-state index in [1.165, 1.54) is 18.2 Å². The van der Waals surface area contributed by atoms with Crippen molar-refractivity contribution in [2.24, 2.45) is 0 Å². The highest BCUT2D eigenvalue weighted by molar-refractivity contribution is 9.10. The van der Waals surface area contributed by atoms with Crippen LogP contribution in [-0.2, 0) is 16.2 Å². The van der Waals surface area contributed by atoms with E-state index in [2.05, 4.69) is 21.2 Å². The molecule has 0 atom stereocenters. The maximum absolute atomic E-state index is 13.3. The molecule has 0 spiro atoms. The van der Waals surface area contributed by atoms with Gasteiger partial charge in [0.1, 0.15) is 24.7 Å². The number of halogens is 4. The second kappa shape index (κ2) is 11.5. The first-order valence-corrected chi connectivity index (χ1v) is 12.7. The molecule has 3 amide bonds. The van der Waals surface area contributed by atoms with Gasteiger partial charge in [0.05, 0.1) is 9.38 Å². The zero-order valence-electron chi connectivity index (χ0n) is 18.3. The van der Waals surface area contributed by atoms with Crippen LogP contribution in [0.3, 0.4) is 0 Å². The van der Waals surface area contributed by atoms with Crippen molar-refractivity contribution in [2.45, 2.75) is 6.61 Å². The second-order valence-electron chi connectivity index (χ2n) is 7.54. The molecule has 0 aromatic heterocycles. The molecule has 6 nitrogen and oxygen atoms in total. The van der Waals surface area contributed by atoms with Gasteiger partial charge in [0.15, 0.2) is 0 Å². The van der Waals surface area contributed by atoms with Crippen molar-refractivity contribution in [2.75, 3.05) is 11.9 Å². The molecule has 0 saturated carbocycles.